The van der Waals surface area contributed by atoms with Crippen LogP contribution in [0.5, 0.6) is 11.5 Å². The molecule has 0 spiro atoms. The molecule has 1 unspecified atom stereocenters. The molecule has 1 atom stereocenters. The van der Waals surface area contributed by atoms with Crippen LogP contribution in [-0.2, 0) is 0 Å². The van der Waals surface area contributed by atoms with E-state index >= 15 is 0 Å². The van der Waals surface area contributed by atoms with E-state index in [1.807, 2.05) is 19.9 Å². The highest BCUT2D eigenvalue weighted by atomic mass is 32.2. The Labute approximate surface area is 127 Å². The Balaban J connectivity index is 2.72. The Morgan fingerprint density at radius 2 is 2.05 bits per heavy atom. The Bertz CT molecular complexity index is 441. The van der Waals surface area contributed by atoms with E-state index in [0.29, 0.717) is 11.5 Å². The van der Waals surface area contributed by atoms with Crippen molar-refractivity contribution >= 4 is 11.8 Å². The van der Waals surface area contributed by atoms with E-state index in [1.165, 1.54) is 7.11 Å². The number of nitrogens with one attached hydrogen (secondary N) is 1. The molecule has 7 heteroatoms. The summed E-state index contributed by atoms with van der Waals surface area (Å²) in [5.41, 5.74) is -3.33. The van der Waals surface area contributed by atoms with Crippen LogP contribution in [0.3, 0.4) is 0 Å². The lowest BCUT2D eigenvalue weighted by atomic mass is 10.1. The average Bonchev–Trinajstić information content (AvgIpc) is 2.42. The Morgan fingerprint density at radius 3 is 2.62 bits per heavy atom. The molecule has 0 fully saturated rings. The SMILES string of the molecule is CCNC(C)c1ccc(OC)cc1OCCSC(F)(F)F. The minimum Gasteiger partial charge on any atom is -0.497 e. The van der Waals surface area contributed by atoms with E-state index in [1.54, 1.807) is 12.1 Å². The van der Waals surface area contributed by atoms with Gasteiger partial charge in [-0.1, -0.05) is 13.0 Å². The van der Waals surface area contributed by atoms with Crippen LogP contribution in [0.1, 0.15) is 25.5 Å². The number of hydrogen-bond donors (Lipinski definition) is 1. The van der Waals surface area contributed by atoms with Gasteiger partial charge in [-0.2, -0.15) is 13.2 Å². The number of benzene rings is 1. The van der Waals surface area contributed by atoms with Gasteiger partial charge in [0.2, 0.25) is 0 Å². The molecule has 0 heterocycles. The largest absolute Gasteiger partial charge is 0.497 e. The summed E-state index contributed by atoms with van der Waals surface area (Å²) in [6, 6.07) is 5.41. The molecule has 0 aliphatic heterocycles. The fourth-order valence-electron chi connectivity index (χ4n) is 1.85. The Kier molecular flexibility index (Phi) is 7.17. The van der Waals surface area contributed by atoms with Crippen LogP contribution in [0.15, 0.2) is 18.2 Å². The van der Waals surface area contributed by atoms with Crippen LogP contribution in [0.25, 0.3) is 0 Å². The van der Waals surface area contributed by atoms with Gasteiger partial charge in [0.25, 0.3) is 0 Å². The molecule has 0 aliphatic carbocycles. The maximum Gasteiger partial charge on any atom is 0.441 e. The predicted molar refractivity (Wildman–Crippen MR) is 79.1 cm³/mol. The topological polar surface area (TPSA) is 30.5 Å². The van der Waals surface area contributed by atoms with Gasteiger partial charge in [0.15, 0.2) is 0 Å². The van der Waals surface area contributed by atoms with Gasteiger partial charge >= 0.3 is 5.51 Å². The second kappa shape index (κ2) is 8.38. The van der Waals surface area contributed by atoms with E-state index in [-0.39, 0.29) is 30.2 Å². The fourth-order valence-corrected chi connectivity index (χ4v) is 2.25. The summed E-state index contributed by atoms with van der Waals surface area (Å²) in [4.78, 5) is 0. The van der Waals surface area contributed by atoms with Gasteiger partial charge in [-0.3, -0.25) is 0 Å². The maximum absolute atomic E-state index is 12.1. The summed E-state index contributed by atoms with van der Waals surface area (Å²) in [7, 11) is 1.53. The van der Waals surface area contributed by atoms with Gasteiger partial charge in [-0.05, 0) is 31.3 Å². The van der Waals surface area contributed by atoms with Gasteiger partial charge < -0.3 is 14.8 Å². The molecule has 0 radical (unpaired) electrons. The average molecular weight is 323 g/mol. The maximum atomic E-state index is 12.1. The lowest BCUT2D eigenvalue weighted by Gasteiger charge is -2.18. The monoisotopic (exact) mass is 323 g/mol. The first-order valence-corrected chi connectivity index (χ1v) is 7.60. The zero-order chi connectivity index (χ0) is 15.9. The first-order chi connectivity index (χ1) is 9.87. The lowest BCUT2D eigenvalue weighted by Crippen LogP contribution is -2.19. The highest BCUT2D eigenvalue weighted by Crippen LogP contribution is 2.32. The van der Waals surface area contributed by atoms with Crippen molar-refractivity contribution in [2.75, 3.05) is 26.0 Å². The van der Waals surface area contributed by atoms with Gasteiger partial charge in [0.1, 0.15) is 11.5 Å². The minimum absolute atomic E-state index is 0.0107. The second-order valence-corrected chi connectivity index (χ2v) is 5.49. The van der Waals surface area contributed by atoms with Crippen LogP contribution in [0, 0.1) is 0 Å². The number of hydrogen-bond acceptors (Lipinski definition) is 4. The van der Waals surface area contributed by atoms with Crippen LogP contribution >= 0.6 is 11.8 Å². The molecule has 0 bridgehead atoms. The molecular weight excluding hydrogens is 303 g/mol. The number of methoxy groups -OCH3 is 1. The summed E-state index contributed by atoms with van der Waals surface area (Å²) in [5, 5.41) is 3.25. The minimum atomic E-state index is -4.22. The standard InChI is InChI=1S/C14H20F3NO2S/c1-4-18-10(2)12-6-5-11(19-3)9-13(12)20-7-8-21-14(15,16)17/h5-6,9-10,18H,4,7-8H2,1-3H3. The number of halogens is 3. The fraction of sp³-hybridized carbons (Fsp3) is 0.571. The molecule has 1 rings (SSSR count). The highest BCUT2D eigenvalue weighted by molar-refractivity contribution is 8.00. The molecule has 3 nitrogen and oxygen atoms in total. The zero-order valence-corrected chi connectivity index (χ0v) is 13.1. The molecule has 1 aromatic carbocycles. The normalized spacial score (nSPS) is 13.0. The molecule has 1 aromatic rings. The van der Waals surface area contributed by atoms with E-state index in [9.17, 15) is 13.2 Å². The second-order valence-electron chi connectivity index (χ2n) is 4.33. The number of thioether (sulfide) groups is 1. The quantitative estimate of drug-likeness (QED) is 0.733. The Hall–Kier alpha value is -1.08. The van der Waals surface area contributed by atoms with E-state index < -0.39 is 5.51 Å². The third kappa shape index (κ3) is 6.48. The van der Waals surface area contributed by atoms with Crippen molar-refractivity contribution in [1.29, 1.82) is 0 Å². The van der Waals surface area contributed by atoms with Gasteiger partial charge in [-0.25, -0.2) is 0 Å². The van der Waals surface area contributed by atoms with Crippen molar-refractivity contribution in [3.05, 3.63) is 23.8 Å². The number of alkyl halides is 3. The van der Waals surface area contributed by atoms with E-state index in [4.69, 9.17) is 9.47 Å². The predicted octanol–water partition coefficient (Wildman–Crippen LogP) is 4.00. The molecule has 0 aliphatic rings. The van der Waals surface area contributed by atoms with Gasteiger partial charge in [0, 0.05) is 23.4 Å². The molecule has 120 valence electrons. The van der Waals surface area contributed by atoms with Crippen molar-refractivity contribution < 1.29 is 22.6 Å². The van der Waals surface area contributed by atoms with E-state index in [0.717, 1.165) is 12.1 Å². The van der Waals surface area contributed by atoms with Crippen LogP contribution in [-0.4, -0.2) is 31.5 Å². The van der Waals surface area contributed by atoms with Crippen molar-refractivity contribution in [2.24, 2.45) is 0 Å². The first kappa shape index (κ1) is 18.0. The number of ether oxygens (including phenoxy) is 2. The van der Waals surface area contributed by atoms with Crippen LogP contribution in [0.2, 0.25) is 0 Å². The molecule has 0 saturated heterocycles. The Morgan fingerprint density at radius 1 is 1.33 bits per heavy atom. The van der Waals surface area contributed by atoms with Gasteiger partial charge in [-0.15, -0.1) is 0 Å². The molecular formula is C14H20F3NO2S. The van der Waals surface area contributed by atoms with Crippen molar-refractivity contribution in [3.8, 4) is 11.5 Å². The van der Waals surface area contributed by atoms with Crippen molar-refractivity contribution in [3.63, 3.8) is 0 Å². The van der Waals surface area contributed by atoms with Crippen LogP contribution < -0.4 is 14.8 Å². The summed E-state index contributed by atoms with van der Waals surface area (Å²) < 4.78 is 46.9. The smallest absolute Gasteiger partial charge is 0.441 e. The van der Waals surface area contributed by atoms with Crippen molar-refractivity contribution in [2.45, 2.75) is 25.4 Å². The molecule has 0 amide bonds. The first-order valence-electron chi connectivity index (χ1n) is 6.62. The highest BCUT2D eigenvalue weighted by Gasteiger charge is 2.27. The molecule has 1 N–H and O–H groups in total. The van der Waals surface area contributed by atoms with Gasteiger partial charge in [0.05, 0.1) is 13.7 Å². The zero-order valence-electron chi connectivity index (χ0n) is 12.3. The summed E-state index contributed by atoms with van der Waals surface area (Å²) in [6.45, 7) is 4.74. The molecule has 0 aromatic heterocycles. The lowest BCUT2D eigenvalue weighted by molar-refractivity contribution is -0.0329. The molecule has 0 saturated carbocycles. The van der Waals surface area contributed by atoms with Crippen LogP contribution in [0.4, 0.5) is 13.2 Å². The summed E-state index contributed by atoms with van der Waals surface area (Å²) in [5.74, 6) is 1.02. The summed E-state index contributed by atoms with van der Waals surface area (Å²) in [6.07, 6.45) is 0. The third-order valence-electron chi connectivity index (χ3n) is 2.80. The van der Waals surface area contributed by atoms with E-state index in [2.05, 4.69) is 5.32 Å². The van der Waals surface area contributed by atoms with Crippen molar-refractivity contribution in [1.82, 2.24) is 5.32 Å². The summed E-state index contributed by atoms with van der Waals surface area (Å²) >= 11 is -0.0846. The molecule has 21 heavy (non-hydrogen) atoms. The third-order valence-corrected chi connectivity index (χ3v) is 3.50. The number of rotatable bonds is 8.